The number of esters is 1. The van der Waals surface area contributed by atoms with Gasteiger partial charge in [-0.05, 0) is 34.1 Å². The molecule has 0 saturated carbocycles. The van der Waals surface area contributed by atoms with Gasteiger partial charge in [0.15, 0.2) is 0 Å². The van der Waals surface area contributed by atoms with Crippen molar-refractivity contribution in [1.82, 2.24) is 14.7 Å². The Morgan fingerprint density at radius 3 is 2.59 bits per heavy atom. The van der Waals surface area contributed by atoms with Crippen LogP contribution in [0.5, 0.6) is 0 Å². The van der Waals surface area contributed by atoms with E-state index in [9.17, 15) is 9.59 Å². The third kappa shape index (κ3) is 3.40. The lowest BCUT2D eigenvalue weighted by atomic mass is 10.0. The van der Waals surface area contributed by atoms with Crippen LogP contribution in [0.15, 0.2) is 0 Å². The first-order valence-electron chi connectivity index (χ1n) is 7.42. The minimum Gasteiger partial charge on any atom is -0.461 e. The Bertz CT molecular complexity index is 586. The van der Waals surface area contributed by atoms with Crippen LogP contribution in [0.1, 0.15) is 49.4 Å². The molecule has 1 aromatic rings. The maximum absolute atomic E-state index is 12.1. The van der Waals surface area contributed by atoms with Gasteiger partial charge >= 0.3 is 12.1 Å². The quantitative estimate of drug-likeness (QED) is 0.780. The van der Waals surface area contributed by atoms with Crippen LogP contribution in [0.3, 0.4) is 0 Å². The summed E-state index contributed by atoms with van der Waals surface area (Å²) in [6.45, 7) is 8.44. The van der Waals surface area contributed by atoms with Gasteiger partial charge in [-0.3, -0.25) is 4.68 Å². The molecular weight excluding hydrogens is 286 g/mol. The zero-order valence-electron chi connectivity index (χ0n) is 13.8. The van der Waals surface area contributed by atoms with Crippen LogP contribution in [0.25, 0.3) is 0 Å². The summed E-state index contributed by atoms with van der Waals surface area (Å²) >= 11 is 0. The molecule has 0 N–H and O–H groups in total. The van der Waals surface area contributed by atoms with Crippen molar-refractivity contribution in [2.45, 2.75) is 46.3 Å². The highest BCUT2D eigenvalue weighted by Gasteiger charge is 2.31. The summed E-state index contributed by atoms with van der Waals surface area (Å²) in [4.78, 5) is 25.7. The molecule has 0 aliphatic carbocycles. The second kappa shape index (κ2) is 5.98. The third-order valence-corrected chi connectivity index (χ3v) is 3.32. The summed E-state index contributed by atoms with van der Waals surface area (Å²) in [5, 5.41) is 4.35. The van der Waals surface area contributed by atoms with E-state index in [2.05, 4.69) is 5.10 Å². The molecule has 2 rings (SSSR count). The molecule has 1 amide bonds. The minimum absolute atomic E-state index is 0.322. The Morgan fingerprint density at radius 2 is 2.00 bits per heavy atom. The Kier molecular flexibility index (Phi) is 4.44. The molecule has 0 fully saturated rings. The minimum atomic E-state index is -0.530. The van der Waals surface area contributed by atoms with E-state index in [0.29, 0.717) is 31.8 Å². The SMILES string of the molecule is CCOC(=O)c1c2c(nn1C)CN(C(=O)OC(C)(C)C)CC2. The first-order chi connectivity index (χ1) is 10.2. The highest BCUT2D eigenvalue weighted by molar-refractivity contribution is 5.89. The number of aromatic nitrogens is 2. The van der Waals surface area contributed by atoms with Gasteiger partial charge in [-0.1, -0.05) is 0 Å². The molecular formula is C15H23N3O4. The summed E-state index contributed by atoms with van der Waals surface area (Å²) < 4.78 is 12.0. The normalized spacial score (nSPS) is 14.5. The van der Waals surface area contributed by atoms with Gasteiger partial charge in [-0.25, -0.2) is 9.59 Å². The Morgan fingerprint density at radius 1 is 1.32 bits per heavy atom. The number of hydrogen-bond donors (Lipinski definition) is 0. The van der Waals surface area contributed by atoms with Crippen molar-refractivity contribution in [3.8, 4) is 0 Å². The lowest BCUT2D eigenvalue weighted by Gasteiger charge is -2.29. The number of nitrogens with zero attached hydrogens (tertiary/aromatic N) is 3. The zero-order chi connectivity index (χ0) is 16.5. The molecule has 1 aromatic heterocycles. The first kappa shape index (κ1) is 16.3. The number of carbonyl (C=O) groups is 2. The number of rotatable bonds is 2. The maximum Gasteiger partial charge on any atom is 0.410 e. The van der Waals surface area contributed by atoms with Crippen LogP contribution in [-0.2, 0) is 29.5 Å². The summed E-state index contributed by atoms with van der Waals surface area (Å²) in [5.41, 5.74) is 1.53. The molecule has 0 saturated heterocycles. The molecule has 22 heavy (non-hydrogen) atoms. The van der Waals surface area contributed by atoms with E-state index in [1.165, 1.54) is 4.68 Å². The second-order valence-corrected chi connectivity index (χ2v) is 6.27. The van der Waals surface area contributed by atoms with Crippen LogP contribution in [0.4, 0.5) is 4.79 Å². The van der Waals surface area contributed by atoms with E-state index in [-0.39, 0.29) is 12.1 Å². The molecule has 1 aliphatic heterocycles. The molecule has 0 bridgehead atoms. The van der Waals surface area contributed by atoms with Crippen LogP contribution in [-0.4, -0.2) is 45.5 Å². The Balaban J connectivity index is 2.17. The molecule has 0 atom stereocenters. The standard InChI is InChI=1S/C15H23N3O4/c1-6-21-13(19)12-10-7-8-18(9-11(10)16-17(12)5)14(20)22-15(2,3)4/h6-9H2,1-5H3. The van der Waals surface area contributed by atoms with E-state index < -0.39 is 5.60 Å². The first-order valence-corrected chi connectivity index (χ1v) is 7.42. The van der Waals surface area contributed by atoms with Crippen LogP contribution >= 0.6 is 0 Å². The fourth-order valence-electron chi connectivity index (χ4n) is 2.46. The van der Waals surface area contributed by atoms with Crippen molar-refractivity contribution in [1.29, 1.82) is 0 Å². The van der Waals surface area contributed by atoms with E-state index in [1.54, 1.807) is 18.9 Å². The highest BCUT2D eigenvalue weighted by Crippen LogP contribution is 2.23. The molecule has 0 spiro atoms. The number of ether oxygens (including phenoxy) is 2. The Hall–Kier alpha value is -2.05. The summed E-state index contributed by atoms with van der Waals surface area (Å²) in [5.74, 6) is -0.371. The van der Waals surface area contributed by atoms with Gasteiger partial charge in [0.25, 0.3) is 0 Å². The largest absolute Gasteiger partial charge is 0.461 e. The fourth-order valence-corrected chi connectivity index (χ4v) is 2.46. The Labute approximate surface area is 130 Å². The van der Waals surface area contributed by atoms with Crippen molar-refractivity contribution in [3.63, 3.8) is 0 Å². The number of carbonyl (C=O) groups excluding carboxylic acids is 2. The highest BCUT2D eigenvalue weighted by atomic mass is 16.6. The summed E-state index contributed by atoms with van der Waals surface area (Å²) in [6.07, 6.45) is 0.206. The van der Waals surface area contributed by atoms with Gasteiger partial charge in [0.1, 0.15) is 11.3 Å². The zero-order valence-corrected chi connectivity index (χ0v) is 13.8. The third-order valence-electron chi connectivity index (χ3n) is 3.32. The molecule has 7 nitrogen and oxygen atoms in total. The number of amides is 1. The second-order valence-electron chi connectivity index (χ2n) is 6.27. The predicted molar refractivity (Wildman–Crippen MR) is 79.5 cm³/mol. The molecule has 7 heteroatoms. The molecule has 0 radical (unpaired) electrons. The number of hydrogen-bond acceptors (Lipinski definition) is 5. The molecule has 1 aliphatic rings. The van der Waals surface area contributed by atoms with Gasteiger partial charge in [0.2, 0.25) is 0 Å². The molecule has 2 heterocycles. The topological polar surface area (TPSA) is 73.7 Å². The molecule has 0 unspecified atom stereocenters. The summed E-state index contributed by atoms with van der Waals surface area (Å²) in [6, 6.07) is 0. The van der Waals surface area contributed by atoms with Gasteiger partial charge < -0.3 is 14.4 Å². The van der Waals surface area contributed by atoms with Crippen molar-refractivity contribution in [3.05, 3.63) is 17.0 Å². The van der Waals surface area contributed by atoms with E-state index in [1.807, 2.05) is 20.8 Å². The van der Waals surface area contributed by atoms with Crippen molar-refractivity contribution >= 4 is 12.1 Å². The van der Waals surface area contributed by atoms with Gasteiger partial charge in [-0.15, -0.1) is 0 Å². The number of fused-ring (bicyclic) bond motifs is 1. The van der Waals surface area contributed by atoms with Gasteiger partial charge in [0.05, 0.1) is 18.8 Å². The van der Waals surface area contributed by atoms with E-state index >= 15 is 0 Å². The van der Waals surface area contributed by atoms with Crippen molar-refractivity contribution < 1.29 is 19.1 Å². The van der Waals surface area contributed by atoms with Crippen LogP contribution < -0.4 is 0 Å². The van der Waals surface area contributed by atoms with Gasteiger partial charge in [-0.2, -0.15) is 5.10 Å². The van der Waals surface area contributed by atoms with Gasteiger partial charge in [0, 0.05) is 19.2 Å². The summed E-state index contributed by atoms with van der Waals surface area (Å²) in [7, 11) is 1.71. The monoisotopic (exact) mass is 309 g/mol. The van der Waals surface area contributed by atoms with E-state index in [4.69, 9.17) is 9.47 Å². The predicted octanol–water partition coefficient (Wildman–Crippen LogP) is 1.89. The average Bonchev–Trinajstić information content (AvgIpc) is 2.71. The lowest BCUT2D eigenvalue weighted by Crippen LogP contribution is -2.40. The van der Waals surface area contributed by atoms with Crippen molar-refractivity contribution in [2.75, 3.05) is 13.2 Å². The molecule has 0 aromatic carbocycles. The smallest absolute Gasteiger partial charge is 0.410 e. The van der Waals surface area contributed by atoms with Crippen molar-refractivity contribution in [2.24, 2.45) is 7.05 Å². The maximum atomic E-state index is 12.1. The lowest BCUT2D eigenvalue weighted by molar-refractivity contribution is 0.0221. The molecule has 122 valence electrons. The van der Waals surface area contributed by atoms with E-state index in [0.717, 1.165) is 11.3 Å². The van der Waals surface area contributed by atoms with Crippen LogP contribution in [0.2, 0.25) is 0 Å². The average molecular weight is 309 g/mol. The van der Waals surface area contributed by atoms with Crippen LogP contribution in [0, 0.1) is 0 Å². The number of aryl methyl sites for hydroxylation is 1. The fraction of sp³-hybridized carbons (Fsp3) is 0.667.